The summed E-state index contributed by atoms with van der Waals surface area (Å²) in [5.41, 5.74) is 2.61. The van der Waals surface area contributed by atoms with Crippen molar-refractivity contribution in [1.29, 1.82) is 0 Å². The lowest BCUT2D eigenvalue weighted by molar-refractivity contribution is -0.130. The zero-order valence-electron chi connectivity index (χ0n) is 17.7. The van der Waals surface area contributed by atoms with E-state index in [2.05, 4.69) is 0 Å². The first kappa shape index (κ1) is 20.5. The minimum Gasteiger partial charge on any atom is -0.348 e. The normalized spacial score (nSPS) is 14.1. The van der Waals surface area contributed by atoms with Gasteiger partial charge in [0.15, 0.2) is 5.82 Å². The van der Waals surface area contributed by atoms with Gasteiger partial charge in [0.25, 0.3) is 5.56 Å². The lowest BCUT2D eigenvalue weighted by atomic mass is 10.2. The molecule has 1 aliphatic rings. The monoisotopic (exact) mass is 444 g/mol. The molecule has 0 N–H and O–H groups in total. The summed E-state index contributed by atoms with van der Waals surface area (Å²) >= 11 is 1.61. The van der Waals surface area contributed by atoms with Gasteiger partial charge in [-0.2, -0.15) is 0 Å². The van der Waals surface area contributed by atoms with E-state index in [4.69, 9.17) is 4.98 Å². The summed E-state index contributed by atoms with van der Waals surface area (Å²) in [6.07, 6.45) is 0.440. The smallest absolute Gasteiger partial charge is 0.294 e. The Balaban J connectivity index is 1.39. The highest BCUT2D eigenvalue weighted by Gasteiger charge is 2.25. The number of aromatic nitrogens is 2. The largest absolute Gasteiger partial charge is 0.348 e. The number of para-hydroxylation sites is 2. The number of hydrogen-bond donors (Lipinski definition) is 0. The van der Waals surface area contributed by atoms with Crippen LogP contribution < -0.4 is 10.5 Å². The quantitative estimate of drug-likeness (QED) is 0.473. The van der Waals surface area contributed by atoms with E-state index in [1.165, 1.54) is 0 Å². The maximum atomic E-state index is 13.5. The third-order valence-electron chi connectivity index (χ3n) is 5.86. The SMILES string of the molecule is O=C(Cc1cccs1)N1CCN(c2nc3ccccc3n(Cc3ccccc3)c2=O)CC1. The first-order chi connectivity index (χ1) is 15.7. The molecule has 1 aliphatic heterocycles. The minimum absolute atomic E-state index is 0.0917. The van der Waals surface area contributed by atoms with Gasteiger partial charge in [0, 0.05) is 31.1 Å². The summed E-state index contributed by atoms with van der Waals surface area (Å²) in [5.74, 6) is 0.602. The zero-order valence-corrected chi connectivity index (χ0v) is 18.5. The molecule has 3 heterocycles. The average molecular weight is 445 g/mol. The molecule has 0 bridgehead atoms. The van der Waals surface area contributed by atoms with E-state index in [1.54, 1.807) is 15.9 Å². The van der Waals surface area contributed by atoms with Gasteiger partial charge in [-0.05, 0) is 29.1 Å². The number of carbonyl (C=O) groups is 1. The fraction of sp³-hybridized carbons (Fsp3) is 0.240. The van der Waals surface area contributed by atoms with Gasteiger partial charge in [0.1, 0.15) is 0 Å². The fourth-order valence-corrected chi connectivity index (χ4v) is 4.85. The molecule has 0 atom stereocenters. The summed E-state index contributed by atoms with van der Waals surface area (Å²) in [4.78, 5) is 35.8. The van der Waals surface area contributed by atoms with Gasteiger partial charge >= 0.3 is 0 Å². The van der Waals surface area contributed by atoms with Gasteiger partial charge in [-0.25, -0.2) is 4.98 Å². The summed E-state index contributed by atoms with van der Waals surface area (Å²) in [6.45, 7) is 2.88. The molecule has 6 nitrogen and oxygen atoms in total. The van der Waals surface area contributed by atoms with Crippen LogP contribution in [0.1, 0.15) is 10.4 Å². The number of anilines is 1. The van der Waals surface area contributed by atoms with Gasteiger partial charge in [-0.15, -0.1) is 11.3 Å². The third-order valence-corrected chi connectivity index (χ3v) is 6.73. The van der Waals surface area contributed by atoms with Gasteiger partial charge in [-0.3, -0.25) is 14.2 Å². The second-order valence-corrected chi connectivity index (χ2v) is 8.96. The van der Waals surface area contributed by atoms with Crippen molar-refractivity contribution in [3.8, 4) is 0 Å². The van der Waals surface area contributed by atoms with Crippen LogP contribution >= 0.6 is 11.3 Å². The molecule has 4 aromatic rings. The summed E-state index contributed by atoms with van der Waals surface area (Å²) in [6, 6.07) is 21.7. The number of fused-ring (bicyclic) bond motifs is 1. The number of hydrogen-bond acceptors (Lipinski definition) is 5. The number of piperazine rings is 1. The molecule has 7 heteroatoms. The minimum atomic E-state index is -0.0917. The highest BCUT2D eigenvalue weighted by molar-refractivity contribution is 7.10. The van der Waals surface area contributed by atoms with Crippen LogP contribution in [0.3, 0.4) is 0 Å². The average Bonchev–Trinajstić information content (AvgIpc) is 3.34. The van der Waals surface area contributed by atoms with Gasteiger partial charge in [0.05, 0.1) is 24.0 Å². The molecule has 5 rings (SSSR count). The predicted molar refractivity (Wildman–Crippen MR) is 128 cm³/mol. The maximum absolute atomic E-state index is 13.5. The summed E-state index contributed by atoms with van der Waals surface area (Å²) < 4.78 is 1.81. The summed E-state index contributed by atoms with van der Waals surface area (Å²) in [7, 11) is 0. The molecular formula is C25H24N4O2S. The van der Waals surface area contributed by atoms with Crippen LogP contribution in [-0.2, 0) is 17.8 Å². The Morgan fingerprint density at radius 3 is 2.41 bits per heavy atom. The molecular weight excluding hydrogens is 420 g/mol. The Hall–Kier alpha value is -3.45. The molecule has 162 valence electrons. The Bertz CT molecular complexity index is 1280. The van der Waals surface area contributed by atoms with E-state index in [1.807, 2.05) is 81.9 Å². The van der Waals surface area contributed by atoms with Crippen LogP contribution in [0.5, 0.6) is 0 Å². The van der Waals surface area contributed by atoms with Crippen LogP contribution in [0.4, 0.5) is 5.82 Å². The second kappa shape index (κ2) is 8.96. The Morgan fingerprint density at radius 1 is 0.906 bits per heavy atom. The highest BCUT2D eigenvalue weighted by atomic mass is 32.1. The van der Waals surface area contributed by atoms with Crippen molar-refractivity contribution in [1.82, 2.24) is 14.5 Å². The molecule has 0 radical (unpaired) electrons. The standard InChI is InChI=1S/C25H24N4O2S/c30-23(17-20-9-6-16-32-20)27-12-14-28(15-13-27)24-25(31)29(18-19-7-2-1-3-8-19)22-11-5-4-10-21(22)26-24/h1-11,16H,12-15,17-18H2. The Morgan fingerprint density at radius 2 is 1.66 bits per heavy atom. The fourth-order valence-electron chi connectivity index (χ4n) is 4.15. The van der Waals surface area contributed by atoms with Gasteiger partial charge in [0.2, 0.25) is 5.91 Å². The number of amides is 1. The molecule has 1 fully saturated rings. The van der Waals surface area contributed by atoms with Crippen molar-refractivity contribution in [2.75, 3.05) is 31.1 Å². The molecule has 2 aromatic carbocycles. The number of nitrogens with zero attached hydrogens (tertiary/aromatic N) is 4. The molecule has 0 saturated carbocycles. The zero-order chi connectivity index (χ0) is 21.9. The molecule has 1 amide bonds. The number of rotatable bonds is 5. The van der Waals surface area contributed by atoms with Gasteiger partial charge in [-0.1, -0.05) is 48.5 Å². The van der Waals surface area contributed by atoms with E-state index in [-0.39, 0.29) is 11.5 Å². The van der Waals surface area contributed by atoms with Crippen LogP contribution in [0, 0.1) is 0 Å². The Kier molecular flexibility index (Phi) is 5.73. The second-order valence-electron chi connectivity index (χ2n) is 7.92. The van der Waals surface area contributed by atoms with E-state index < -0.39 is 0 Å². The Labute approximate surface area is 190 Å². The van der Waals surface area contributed by atoms with Crippen LogP contribution in [0.2, 0.25) is 0 Å². The molecule has 1 saturated heterocycles. The van der Waals surface area contributed by atoms with E-state index in [9.17, 15) is 9.59 Å². The van der Waals surface area contributed by atoms with Crippen molar-refractivity contribution < 1.29 is 4.79 Å². The van der Waals surface area contributed by atoms with Crippen molar-refractivity contribution >= 4 is 34.1 Å². The van der Waals surface area contributed by atoms with Crippen molar-refractivity contribution in [2.45, 2.75) is 13.0 Å². The van der Waals surface area contributed by atoms with E-state index >= 15 is 0 Å². The lowest BCUT2D eigenvalue weighted by Crippen LogP contribution is -2.51. The maximum Gasteiger partial charge on any atom is 0.294 e. The summed E-state index contributed by atoms with van der Waals surface area (Å²) in [5, 5.41) is 1.99. The first-order valence-corrected chi connectivity index (χ1v) is 11.7. The molecule has 32 heavy (non-hydrogen) atoms. The lowest BCUT2D eigenvalue weighted by Gasteiger charge is -2.35. The topological polar surface area (TPSA) is 58.4 Å². The van der Waals surface area contributed by atoms with Crippen LogP contribution in [0.25, 0.3) is 11.0 Å². The number of thiophene rings is 1. The van der Waals surface area contributed by atoms with E-state index in [0.29, 0.717) is 45.0 Å². The van der Waals surface area contributed by atoms with Crippen molar-refractivity contribution in [3.05, 3.63) is 92.9 Å². The molecule has 0 unspecified atom stereocenters. The molecule has 0 aliphatic carbocycles. The van der Waals surface area contributed by atoms with Crippen molar-refractivity contribution in [3.63, 3.8) is 0 Å². The third kappa shape index (κ3) is 4.16. The first-order valence-electron chi connectivity index (χ1n) is 10.8. The van der Waals surface area contributed by atoms with Gasteiger partial charge < -0.3 is 9.80 Å². The van der Waals surface area contributed by atoms with Crippen molar-refractivity contribution in [2.24, 2.45) is 0 Å². The van der Waals surface area contributed by atoms with Crippen LogP contribution in [0.15, 0.2) is 76.9 Å². The molecule has 0 spiro atoms. The van der Waals surface area contributed by atoms with Crippen LogP contribution in [-0.4, -0.2) is 46.5 Å². The highest BCUT2D eigenvalue weighted by Crippen LogP contribution is 2.18. The number of carbonyl (C=O) groups excluding carboxylic acids is 1. The predicted octanol–water partition coefficient (Wildman–Crippen LogP) is 3.40. The van der Waals surface area contributed by atoms with E-state index in [0.717, 1.165) is 21.5 Å². The number of benzene rings is 2. The molecule has 2 aromatic heterocycles.